The Labute approximate surface area is 199 Å². The Kier molecular flexibility index (Phi) is 9.01. The Morgan fingerprint density at radius 1 is 0.939 bits per heavy atom. The number of halogens is 1. The third kappa shape index (κ3) is 7.43. The fourth-order valence-corrected chi connectivity index (χ4v) is 3.61. The molecule has 7 heteroatoms. The van der Waals surface area contributed by atoms with Crippen LogP contribution in [0.3, 0.4) is 0 Å². The predicted molar refractivity (Wildman–Crippen MR) is 134 cm³/mol. The molecule has 0 heterocycles. The molecule has 0 aliphatic heterocycles. The zero-order valence-electron chi connectivity index (χ0n) is 18.7. The predicted octanol–water partition coefficient (Wildman–Crippen LogP) is 3.96. The molecule has 3 aromatic carbocycles. The van der Waals surface area contributed by atoms with Gasteiger partial charge in [-0.05, 0) is 54.9 Å². The molecule has 0 bridgehead atoms. The molecule has 33 heavy (non-hydrogen) atoms. The fraction of sp³-hybridized carbons (Fsp3) is 0.231. The number of amides is 2. The van der Waals surface area contributed by atoms with Crippen LogP contribution >= 0.6 is 11.6 Å². The van der Waals surface area contributed by atoms with Crippen LogP contribution in [0.5, 0.6) is 0 Å². The van der Waals surface area contributed by atoms with Gasteiger partial charge in [0.2, 0.25) is 0 Å². The zero-order valence-corrected chi connectivity index (χ0v) is 19.4. The first-order valence-electron chi connectivity index (χ1n) is 10.9. The average molecular weight is 465 g/mol. The summed E-state index contributed by atoms with van der Waals surface area (Å²) in [5.41, 5.74) is 9.17. The van der Waals surface area contributed by atoms with E-state index >= 15 is 0 Å². The van der Waals surface area contributed by atoms with Gasteiger partial charge >= 0.3 is 0 Å². The molecule has 0 unspecified atom stereocenters. The van der Waals surface area contributed by atoms with Crippen LogP contribution in [-0.4, -0.2) is 43.4 Å². The summed E-state index contributed by atoms with van der Waals surface area (Å²) in [6.07, 6.45) is 0.918. The van der Waals surface area contributed by atoms with Crippen molar-refractivity contribution in [3.05, 3.63) is 100 Å². The van der Waals surface area contributed by atoms with Crippen LogP contribution in [0.4, 0.5) is 5.69 Å². The van der Waals surface area contributed by atoms with Gasteiger partial charge in [-0.15, -0.1) is 0 Å². The highest BCUT2D eigenvalue weighted by Gasteiger charge is 2.14. The second-order valence-electron chi connectivity index (χ2n) is 7.85. The van der Waals surface area contributed by atoms with Crippen molar-refractivity contribution in [3.63, 3.8) is 0 Å². The number of rotatable bonds is 10. The minimum Gasteiger partial charge on any atom is -0.351 e. The molecular formula is C26H29ClN4O2. The Balaban J connectivity index is 1.78. The lowest BCUT2D eigenvalue weighted by Crippen LogP contribution is -2.29. The van der Waals surface area contributed by atoms with E-state index in [1.54, 1.807) is 36.4 Å². The van der Waals surface area contributed by atoms with Crippen LogP contribution in [0.1, 0.15) is 31.8 Å². The minimum absolute atomic E-state index is 0.234. The maximum Gasteiger partial charge on any atom is 0.255 e. The minimum atomic E-state index is -0.287. The summed E-state index contributed by atoms with van der Waals surface area (Å²) in [5.74, 6) is -0.520. The number of anilines is 1. The van der Waals surface area contributed by atoms with Gasteiger partial charge in [-0.2, -0.15) is 0 Å². The van der Waals surface area contributed by atoms with Crippen LogP contribution in [0, 0.1) is 0 Å². The van der Waals surface area contributed by atoms with E-state index in [2.05, 4.69) is 27.7 Å². The van der Waals surface area contributed by atoms with Gasteiger partial charge in [0.1, 0.15) is 0 Å². The van der Waals surface area contributed by atoms with Gasteiger partial charge in [-0.25, -0.2) is 0 Å². The molecule has 6 nitrogen and oxygen atoms in total. The number of carbonyl (C=O) groups is 2. The molecule has 0 aliphatic carbocycles. The highest BCUT2D eigenvalue weighted by atomic mass is 35.5. The standard InChI is InChI=1S/C26H29ClN4O2/c1-31(15-12-19-6-3-2-4-7-19)18-22-11-10-21(25(32)29-14-13-28)17-24(22)30-26(33)20-8-5-9-23(27)16-20/h2-11,16-17H,12-15,18,28H2,1H3,(H,29,32)(H,30,33). The molecule has 0 fully saturated rings. The lowest BCUT2D eigenvalue weighted by atomic mass is 10.1. The maximum atomic E-state index is 12.9. The summed E-state index contributed by atoms with van der Waals surface area (Å²) < 4.78 is 0. The molecule has 0 spiro atoms. The molecule has 0 saturated carbocycles. The summed E-state index contributed by atoms with van der Waals surface area (Å²) in [6, 6.07) is 22.4. The van der Waals surface area contributed by atoms with Gasteiger partial charge < -0.3 is 21.3 Å². The van der Waals surface area contributed by atoms with Crippen molar-refractivity contribution < 1.29 is 9.59 Å². The molecule has 0 atom stereocenters. The summed E-state index contributed by atoms with van der Waals surface area (Å²) in [5, 5.41) is 6.20. The SMILES string of the molecule is CN(CCc1ccccc1)Cc1ccc(C(=O)NCCN)cc1NC(=O)c1cccc(Cl)c1. The van der Waals surface area contributed by atoms with Crippen LogP contribution in [0.2, 0.25) is 5.02 Å². The van der Waals surface area contributed by atoms with E-state index in [0.717, 1.165) is 18.5 Å². The average Bonchev–Trinajstić information content (AvgIpc) is 2.83. The number of nitrogens with one attached hydrogen (secondary N) is 2. The molecular weight excluding hydrogens is 436 g/mol. The largest absolute Gasteiger partial charge is 0.351 e. The van der Waals surface area contributed by atoms with Gasteiger partial charge in [0, 0.05) is 48.0 Å². The molecule has 2 amide bonds. The highest BCUT2D eigenvalue weighted by molar-refractivity contribution is 6.31. The van der Waals surface area contributed by atoms with Gasteiger partial charge in [0.15, 0.2) is 0 Å². The van der Waals surface area contributed by atoms with Crippen LogP contribution < -0.4 is 16.4 Å². The van der Waals surface area contributed by atoms with E-state index in [1.807, 2.05) is 31.3 Å². The van der Waals surface area contributed by atoms with Crippen LogP contribution in [0.25, 0.3) is 0 Å². The van der Waals surface area contributed by atoms with Crippen LogP contribution in [0.15, 0.2) is 72.8 Å². The summed E-state index contributed by atoms with van der Waals surface area (Å²) in [7, 11) is 2.04. The lowest BCUT2D eigenvalue weighted by Gasteiger charge is -2.20. The van der Waals surface area contributed by atoms with Crippen molar-refractivity contribution in [1.82, 2.24) is 10.2 Å². The van der Waals surface area contributed by atoms with Crippen molar-refractivity contribution in [2.45, 2.75) is 13.0 Å². The number of nitrogens with two attached hydrogens (primary N) is 1. The Morgan fingerprint density at radius 2 is 1.70 bits per heavy atom. The van der Waals surface area contributed by atoms with Crippen molar-refractivity contribution >= 4 is 29.1 Å². The van der Waals surface area contributed by atoms with E-state index in [-0.39, 0.29) is 11.8 Å². The zero-order chi connectivity index (χ0) is 23.6. The smallest absolute Gasteiger partial charge is 0.255 e. The fourth-order valence-electron chi connectivity index (χ4n) is 3.42. The monoisotopic (exact) mass is 464 g/mol. The number of carbonyl (C=O) groups excluding carboxylic acids is 2. The van der Waals surface area contributed by atoms with Gasteiger partial charge in [0.25, 0.3) is 11.8 Å². The molecule has 0 radical (unpaired) electrons. The third-order valence-electron chi connectivity index (χ3n) is 5.20. The molecule has 0 saturated heterocycles. The summed E-state index contributed by atoms with van der Waals surface area (Å²) >= 11 is 6.04. The first kappa shape index (κ1) is 24.5. The van der Waals surface area contributed by atoms with Crippen molar-refractivity contribution in [3.8, 4) is 0 Å². The van der Waals surface area contributed by atoms with Crippen molar-refractivity contribution in [2.24, 2.45) is 5.73 Å². The molecule has 0 aromatic heterocycles. The number of nitrogens with zero attached hydrogens (tertiary/aromatic N) is 1. The number of hydrogen-bond acceptors (Lipinski definition) is 4. The third-order valence-corrected chi connectivity index (χ3v) is 5.44. The van der Waals surface area contributed by atoms with Gasteiger partial charge in [-0.3, -0.25) is 9.59 Å². The van der Waals surface area contributed by atoms with Crippen LogP contribution in [-0.2, 0) is 13.0 Å². The Morgan fingerprint density at radius 3 is 2.42 bits per heavy atom. The van der Waals surface area contributed by atoms with E-state index in [1.165, 1.54) is 5.56 Å². The van der Waals surface area contributed by atoms with E-state index in [4.69, 9.17) is 17.3 Å². The highest BCUT2D eigenvalue weighted by Crippen LogP contribution is 2.22. The van der Waals surface area contributed by atoms with Crippen molar-refractivity contribution in [2.75, 3.05) is 32.0 Å². The Hall–Kier alpha value is -3.19. The summed E-state index contributed by atoms with van der Waals surface area (Å²) in [6.45, 7) is 2.20. The van der Waals surface area contributed by atoms with E-state index in [0.29, 0.717) is 41.5 Å². The molecule has 3 aromatic rings. The maximum absolute atomic E-state index is 12.9. The van der Waals surface area contributed by atoms with E-state index < -0.39 is 0 Å². The van der Waals surface area contributed by atoms with Crippen molar-refractivity contribution in [1.29, 1.82) is 0 Å². The van der Waals surface area contributed by atoms with Gasteiger partial charge in [-0.1, -0.05) is 54.1 Å². The van der Waals surface area contributed by atoms with Gasteiger partial charge in [0.05, 0.1) is 0 Å². The normalized spacial score (nSPS) is 10.8. The molecule has 4 N–H and O–H groups in total. The first-order chi connectivity index (χ1) is 16.0. The molecule has 172 valence electrons. The topological polar surface area (TPSA) is 87.5 Å². The lowest BCUT2D eigenvalue weighted by molar-refractivity contribution is 0.0953. The number of likely N-dealkylation sites (N-methyl/N-ethyl adjacent to an activating group) is 1. The molecule has 3 rings (SSSR count). The Bertz CT molecular complexity index is 1090. The first-order valence-corrected chi connectivity index (χ1v) is 11.2. The second-order valence-corrected chi connectivity index (χ2v) is 8.29. The molecule has 0 aliphatic rings. The van der Waals surface area contributed by atoms with E-state index in [9.17, 15) is 9.59 Å². The summed E-state index contributed by atoms with van der Waals surface area (Å²) in [4.78, 5) is 27.5. The second kappa shape index (κ2) is 12.2. The quantitative estimate of drug-likeness (QED) is 0.424. The number of benzene rings is 3. The number of hydrogen-bond donors (Lipinski definition) is 3.